The number of hydrogen-bond acceptors (Lipinski definition) is 2. The molecule has 0 saturated heterocycles. The van der Waals surface area contributed by atoms with Crippen LogP contribution in [0, 0.1) is 6.92 Å². The Hall–Kier alpha value is -1.84. The molecule has 2 aromatic carbocycles. The Balaban J connectivity index is 1.87. The zero-order valence-electron chi connectivity index (χ0n) is 14.5. The maximum absolute atomic E-state index is 12.2. The van der Waals surface area contributed by atoms with E-state index in [1.807, 2.05) is 31.2 Å². The molecule has 0 aliphatic rings. The number of nitrogens with one attached hydrogen (secondary N) is 2. The lowest BCUT2D eigenvalue weighted by atomic mass is 10.0. The minimum atomic E-state index is 0.00300. The summed E-state index contributed by atoms with van der Waals surface area (Å²) in [6, 6.07) is 16.1. The third-order valence-electron chi connectivity index (χ3n) is 4.16. The number of halogens is 1. The highest BCUT2D eigenvalue weighted by Crippen LogP contribution is 2.18. The van der Waals surface area contributed by atoms with Crippen LogP contribution in [0.25, 0.3) is 0 Å². The SMILES string of the molecule is CC[C@H](NC(=O)CN[C@H](C)c1ccc(Cl)cc1)c1ccc(C)cc1. The third-order valence-corrected chi connectivity index (χ3v) is 4.41. The van der Waals surface area contributed by atoms with Crippen molar-refractivity contribution < 1.29 is 4.79 Å². The molecular formula is C20H25ClN2O. The molecule has 0 heterocycles. The quantitative estimate of drug-likeness (QED) is 0.772. The number of amides is 1. The van der Waals surface area contributed by atoms with Gasteiger partial charge in [0.25, 0.3) is 0 Å². The summed E-state index contributed by atoms with van der Waals surface area (Å²) in [5, 5.41) is 7.06. The van der Waals surface area contributed by atoms with Gasteiger partial charge in [-0.1, -0.05) is 60.5 Å². The summed E-state index contributed by atoms with van der Waals surface area (Å²) in [5.41, 5.74) is 3.47. The van der Waals surface area contributed by atoms with Crippen LogP contribution in [0.2, 0.25) is 5.02 Å². The fourth-order valence-corrected chi connectivity index (χ4v) is 2.71. The van der Waals surface area contributed by atoms with E-state index in [0.29, 0.717) is 5.02 Å². The molecular weight excluding hydrogens is 320 g/mol. The molecule has 0 spiro atoms. The fourth-order valence-electron chi connectivity index (χ4n) is 2.58. The largest absolute Gasteiger partial charge is 0.348 e. The first-order valence-corrected chi connectivity index (χ1v) is 8.72. The molecule has 0 aliphatic carbocycles. The summed E-state index contributed by atoms with van der Waals surface area (Å²) in [5.74, 6) is 0.00300. The number of carbonyl (C=O) groups excluding carboxylic acids is 1. The molecule has 2 aromatic rings. The molecule has 2 rings (SSSR count). The van der Waals surface area contributed by atoms with Crippen molar-refractivity contribution in [1.29, 1.82) is 0 Å². The summed E-state index contributed by atoms with van der Waals surface area (Å²) >= 11 is 5.90. The van der Waals surface area contributed by atoms with E-state index < -0.39 is 0 Å². The second kappa shape index (κ2) is 8.86. The second-order valence-corrected chi connectivity index (χ2v) is 6.53. The van der Waals surface area contributed by atoms with Gasteiger partial charge in [-0.2, -0.15) is 0 Å². The van der Waals surface area contributed by atoms with Crippen LogP contribution in [-0.2, 0) is 4.79 Å². The van der Waals surface area contributed by atoms with Crippen LogP contribution in [0.15, 0.2) is 48.5 Å². The predicted molar refractivity (Wildman–Crippen MR) is 100 cm³/mol. The normalized spacial score (nSPS) is 13.3. The highest BCUT2D eigenvalue weighted by Gasteiger charge is 2.13. The van der Waals surface area contributed by atoms with Crippen molar-refractivity contribution in [1.82, 2.24) is 10.6 Å². The van der Waals surface area contributed by atoms with E-state index in [4.69, 9.17) is 11.6 Å². The Morgan fingerprint density at radius 1 is 1.04 bits per heavy atom. The first-order chi connectivity index (χ1) is 11.5. The monoisotopic (exact) mass is 344 g/mol. The standard InChI is InChI=1S/C20H25ClN2O/c1-4-19(17-7-5-14(2)6-8-17)23-20(24)13-22-15(3)16-9-11-18(21)12-10-16/h5-12,15,19,22H,4,13H2,1-3H3,(H,23,24)/t15-,19+/m1/s1. The topological polar surface area (TPSA) is 41.1 Å². The zero-order chi connectivity index (χ0) is 17.5. The summed E-state index contributed by atoms with van der Waals surface area (Å²) in [4.78, 5) is 12.2. The van der Waals surface area contributed by atoms with Crippen LogP contribution >= 0.6 is 11.6 Å². The number of benzene rings is 2. The van der Waals surface area contributed by atoms with E-state index in [1.165, 1.54) is 5.56 Å². The molecule has 128 valence electrons. The number of hydrogen-bond donors (Lipinski definition) is 2. The average molecular weight is 345 g/mol. The van der Waals surface area contributed by atoms with Gasteiger partial charge >= 0.3 is 0 Å². The molecule has 0 aromatic heterocycles. The molecule has 0 radical (unpaired) electrons. The molecule has 2 atom stereocenters. The van der Waals surface area contributed by atoms with E-state index in [9.17, 15) is 4.79 Å². The molecule has 0 saturated carbocycles. The van der Waals surface area contributed by atoms with Crippen molar-refractivity contribution in [2.75, 3.05) is 6.54 Å². The van der Waals surface area contributed by atoms with Crippen LogP contribution in [0.3, 0.4) is 0 Å². The van der Waals surface area contributed by atoms with Crippen LogP contribution < -0.4 is 10.6 Å². The lowest BCUT2D eigenvalue weighted by Gasteiger charge is -2.19. The van der Waals surface area contributed by atoms with Gasteiger partial charge in [0.1, 0.15) is 0 Å². The third kappa shape index (κ3) is 5.36. The van der Waals surface area contributed by atoms with E-state index in [2.05, 4.69) is 48.7 Å². The number of rotatable bonds is 7. The van der Waals surface area contributed by atoms with Gasteiger partial charge in [-0.25, -0.2) is 0 Å². The first kappa shape index (κ1) is 18.5. The Morgan fingerprint density at radius 2 is 1.62 bits per heavy atom. The molecule has 4 heteroatoms. The number of aryl methyl sites for hydroxylation is 1. The van der Waals surface area contributed by atoms with Gasteiger partial charge in [-0.15, -0.1) is 0 Å². The molecule has 1 amide bonds. The molecule has 0 unspecified atom stereocenters. The zero-order valence-corrected chi connectivity index (χ0v) is 15.2. The minimum Gasteiger partial charge on any atom is -0.348 e. The Labute approximate surface area is 149 Å². The Kier molecular flexibility index (Phi) is 6.83. The molecule has 3 nitrogen and oxygen atoms in total. The van der Waals surface area contributed by atoms with E-state index in [0.717, 1.165) is 17.5 Å². The van der Waals surface area contributed by atoms with Crippen molar-refractivity contribution in [2.45, 2.75) is 39.3 Å². The Bertz CT molecular complexity index is 652. The maximum atomic E-state index is 12.2. The van der Waals surface area contributed by atoms with Gasteiger partial charge in [0, 0.05) is 11.1 Å². The molecule has 0 bridgehead atoms. The van der Waals surface area contributed by atoms with E-state index >= 15 is 0 Å². The molecule has 24 heavy (non-hydrogen) atoms. The highest BCUT2D eigenvalue weighted by molar-refractivity contribution is 6.30. The predicted octanol–water partition coefficient (Wildman–Crippen LogP) is 4.57. The van der Waals surface area contributed by atoms with Crippen molar-refractivity contribution >= 4 is 17.5 Å². The van der Waals surface area contributed by atoms with Gasteiger partial charge in [0.05, 0.1) is 12.6 Å². The van der Waals surface area contributed by atoms with Crippen LogP contribution in [0.1, 0.15) is 49.0 Å². The van der Waals surface area contributed by atoms with Crippen molar-refractivity contribution in [3.8, 4) is 0 Å². The smallest absolute Gasteiger partial charge is 0.234 e. The first-order valence-electron chi connectivity index (χ1n) is 8.34. The van der Waals surface area contributed by atoms with Gasteiger partial charge in [-0.05, 0) is 43.5 Å². The summed E-state index contributed by atoms with van der Waals surface area (Å²) in [6.45, 7) is 6.46. The minimum absolute atomic E-state index is 0.00300. The second-order valence-electron chi connectivity index (χ2n) is 6.09. The van der Waals surface area contributed by atoms with Gasteiger partial charge in [-0.3, -0.25) is 4.79 Å². The van der Waals surface area contributed by atoms with Crippen LogP contribution in [0.5, 0.6) is 0 Å². The highest BCUT2D eigenvalue weighted by atomic mass is 35.5. The molecule has 2 N–H and O–H groups in total. The summed E-state index contributed by atoms with van der Waals surface area (Å²) in [6.07, 6.45) is 0.863. The average Bonchev–Trinajstić information content (AvgIpc) is 2.59. The summed E-state index contributed by atoms with van der Waals surface area (Å²) in [7, 11) is 0. The van der Waals surface area contributed by atoms with Gasteiger partial charge in [0.2, 0.25) is 5.91 Å². The van der Waals surface area contributed by atoms with Gasteiger partial charge in [0.15, 0.2) is 0 Å². The Morgan fingerprint density at radius 3 is 2.21 bits per heavy atom. The van der Waals surface area contributed by atoms with Crippen molar-refractivity contribution in [3.63, 3.8) is 0 Å². The maximum Gasteiger partial charge on any atom is 0.234 e. The lowest BCUT2D eigenvalue weighted by Crippen LogP contribution is -2.37. The van der Waals surface area contributed by atoms with Crippen molar-refractivity contribution in [2.24, 2.45) is 0 Å². The van der Waals surface area contributed by atoms with Crippen molar-refractivity contribution in [3.05, 3.63) is 70.2 Å². The summed E-state index contributed by atoms with van der Waals surface area (Å²) < 4.78 is 0. The van der Waals surface area contributed by atoms with E-state index in [1.54, 1.807) is 0 Å². The van der Waals surface area contributed by atoms with Crippen LogP contribution in [0.4, 0.5) is 0 Å². The lowest BCUT2D eigenvalue weighted by molar-refractivity contribution is -0.121. The number of carbonyl (C=O) groups is 1. The fraction of sp³-hybridized carbons (Fsp3) is 0.350. The molecule has 0 fully saturated rings. The van der Waals surface area contributed by atoms with E-state index in [-0.39, 0.29) is 24.5 Å². The van der Waals surface area contributed by atoms with Crippen LogP contribution in [-0.4, -0.2) is 12.5 Å². The molecule has 0 aliphatic heterocycles. The van der Waals surface area contributed by atoms with Gasteiger partial charge < -0.3 is 10.6 Å².